The standard InChI is InChI=1S/C21H26N2O4S/c1-14-9-15(2)11-19(10-14)22-21(24)18-5-7-20(8-6-18)28(25,26)23-12-16(3)27-17(4)13-23/h5-11,16-17H,12-13H2,1-4H3,(H,22,24). The summed E-state index contributed by atoms with van der Waals surface area (Å²) < 4.78 is 32.8. The molecule has 3 rings (SSSR count). The molecule has 0 bridgehead atoms. The Morgan fingerprint density at radius 1 is 1.00 bits per heavy atom. The Kier molecular flexibility index (Phi) is 5.88. The molecule has 1 heterocycles. The van der Waals surface area contributed by atoms with Gasteiger partial charge in [0.2, 0.25) is 10.0 Å². The van der Waals surface area contributed by atoms with Crippen molar-refractivity contribution in [1.82, 2.24) is 4.31 Å². The Morgan fingerprint density at radius 3 is 2.07 bits per heavy atom. The number of sulfonamides is 1. The van der Waals surface area contributed by atoms with Crippen LogP contribution >= 0.6 is 0 Å². The molecule has 1 aliphatic rings. The van der Waals surface area contributed by atoms with E-state index in [-0.39, 0.29) is 23.0 Å². The first-order valence-corrected chi connectivity index (χ1v) is 10.7. The van der Waals surface area contributed by atoms with Crippen molar-refractivity contribution in [3.63, 3.8) is 0 Å². The lowest BCUT2D eigenvalue weighted by molar-refractivity contribution is -0.0440. The van der Waals surface area contributed by atoms with Crippen molar-refractivity contribution in [2.24, 2.45) is 0 Å². The number of hydrogen-bond donors (Lipinski definition) is 1. The lowest BCUT2D eigenvalue weighted by atomic mass is 10.1. The molecule has 7 heteroatoms. The second-order valence-electron chi connectivity index (χ2n) is 7.43. The average molecular weight is 403 g/mol. The largest absolute Gasteiger partial charge is 0.373 e. The molecule has 1 N–H and O–H groups in total. The van der Waals surface area contributed by atoms with Crippen LogP contribution in [0.15, 0.2) is 47.4 Å². The van der Waals surface area contributed by atoms with Crippen molar-refractivity contribution >= 4 is 21.6 Å². The minimum Gasteiger partial charge on any atom is -0.373 e. The van der Waals surface area contributed by atoms with Crippen LogP contribution in [-0.2, 0) is 14.8 Å². The number of amides is 1. The molecule has 0 saturated carbocycles. The summed E-state index contributed by atoms with van der Waals surface area (Å²) in [4.78, 5) is 12.7. The van der Waals surface area contributed by atoms with Crippen LogP contribution in [-0.4, -0.2) is 43.9 Å². The third-order valence-electron chi connectivity index (χ3n) is 4.62. The summed E-state index contributed by atoms with van der Waals surface area (Å²) >= 11 is 0. The van der Waals surface area contributed by atoms with E-state index in [0.29, 0.717) is 18.7 Å². The molecule has 2 aromatic carbocycles. The second kappa shape index (κ2) is 8.03. The number of hydrogen-bond acceptors (Lipinski definition) is 4. The van der Waals surface area contributed by atoms with Gasteiger partial charge in [-0.2, -0.15) is 4.31 Å². The predicted octanol–water partition coefficient (Wildman–Crippen LogP) is 3.35. The van der Waals surface area contributed by atoms with Gasteiger partial charge in [-0.05, 0) is 75.2 Å². The number of aryl methyl sites for hydroxylation is 2. The molecule has 6 nitrogen and oxygen atoms in total. The summed E-state index contributed by atoms with van der Waals surface area (Å²) in [6.07, 6.45) is -0.303. The van der Waals surface area contributed by atoms with Crippen LogP contribution in [0.5, 0.6) is 0 Å². The maximum Gasteiger partial charge on any atom is 0.255 e. The SMILES string of the molecule is Cc1cc(C)cc(NC(=O)c2ccc(S(=O)(=O)N3CC(C)OC(C)C3)cc2)c1. The molecule has 0 aliphatic carbocycles. The summed E-state index contributed by atoms with van der Waals surface area (Å²) in [5, 5.41) is 2.86. The van der Waals surface area contributed by atoms with E-state index in [1.807, 2.05) is 45.9 Å². The Balaban J connectivity index is 1.76. The highest BCUT2D eigenvalue weighted by atomic mass is 32.2. The van der Waals surface area contributed by atoms with Crippen molar-refractivity contribution in [3.8, 4) is 0 Å². The molecule has 1 saturated heterocycles. The van der Waals surface area contributed by atoms with E-state index in [2.05, 4.69) is 5.32 Å². The number of rotatable bonds is 4. The van der Waals surface area contributed by atoms with Crippen molar-refractivity contribution < 1.29 is 17.9 Å². The smallest absolute Gasteiger partial charge is 0.255 e. The Hall–Kier alpha value is -2.22. The van der Waals surface area contributed by atoms with Crippen LogP contribution in [0.2, 0.25) is 0 Å². The van der Waals surface area contributed by atoms with Crippen LogP contribution in [0, 0.1) is 13.8 Å². The Morgan fingerprint density at radius 2 is 1.54 bits per heavy atom. The van der Waals surface area contributed by atoms with E-state index < -0.39 is 10.0 Å². The number of anilines is 1. The lowest BCUT2D eigenvalue weighted by Gasteiger charge is -2.34. The first-order valence-electron chi connectivity index (χ1n) is 9.30. The van der Waals surface area contributed by atoms with Crippen LogP contribution < -0.4 is 5.32 Å². The summed E-state index contributed by atoms with van der Waals surface area (Å²) in [5.41, 5.74) is 3.24. The highest BCUT2D eigenvalue weighted by molar-refractivity contribution is 7.89. The molecule has 2 atom stereocenters. The summed E-state index contributed by atoms with van der Waals surface area (Å²) in [7, 11) is -3.62. The van der Waals surface area contributed by atoms with Crippen molar-refractivity contribution in [2.75, 3.05) is 18.4 Å². The number of carbonyl (C=O) groups is 1. The Labute approximate surface area is 166 Å². The van der Waals surface area contributed by atoms with Gasteiger partial charge in [0.05, 0.1) is 17.1 Å². The summed E-state index contributed by atoms with van der Waals surface area (Å²) in [5.74, 6) is -0.275. The number of carbonyl (C=O) groups excluding carboxylic acids is 1. The van der Waals surface area contributed by atoms with Gasteiger partial charge in [0.1, 0.15) is 0 Å². The van der Waals surface area contributed by atoms with E-state index in [9.17, 15) is 13.2 Å². The molecule has 0 radical (unpaired) electrons. The highest BCUT2D eigenvalue weighted by Crippen LogP contribution is 2.22. The van der Waals surface area contributed by atoms with Gasteiger partial charge in [0.25, 0.3) is 5.91 Å². The van der Waals surface area contributed by atoms with E-state index in [4.69, 9.17) is 4.74 Å². The normalized spacial score (nSPS) is 20.7. The maximum absolute atomic E-state index is 12.9. The molecule has 0 spiro atoms. The number of benzene rings is 2. The van der Waals surface area contributed by atoms with Crippen molar-refractivity contribution in [2.45, 2.75) is 44.8 Å². The molecule has 1 fully saturated rings. The van der Waals surface area contributed by atoms with Crippen LogP contribution in [0.1, 0.15) is 35.3 Å². The van der Waals surface area contributed by atoms with Gasteiger partial charge in [0.15, 0.2) is 0 Å². The quantitative estimate of drug-likeness (QED) is 0.851. The number of nitrogens with one attached hydrogen (secondary N) is 1. The zero-order chi connectivity index (χ0) is 20.5. The Bertz CT molecular complexity index is 940. The third kappa shape index (κ3) is 4.60. The van der Waals surface area contributed by atoms with Gasteiger partial charge in [0, 0.05) is 24.3 Å². The van der Waals surface area contributed by atoms with E-state index >= 15 is 0 Å². The van der Waals surface area contributed by atoms with Gasteiger partial charge in [-0.3, -0.25) is 4.79 Å². The molecule has 0 aromatic heterocycles. The van der Waals surface area contributed by atoms with Crippen molar-refractivity contribution in [3.05, 3.63) is 59.2 Å². The van der Waals surface area contributed by atoms with Crippen LogP contribution in [0.25, 0.3) is 0 Å². The molecular weight excluding hydrogens is 376 g/mol. The zero-order valence-electron chi connectivity index (χ0n) is 16.6. The molecule has 28 heavy (non-hydrogen) atoms. The monoisotopic (exact) mass is 402 g/mol. The van der Waals surface area contributed by atoms with Gasteiger partial charge in [-0.1, -0.05) is 6.07 Å². The molecule has 2 unspecified atom stereocenters. The predicted molar refractivity (Wildman–Crippen MR) is 109 cm³/mol. The topological polar surface area (TPSA) is 75.7 Å². The third-order valence-corrected chi connectivity index (χ3v) is 6.47. The summed E-state index contributed by atoms with van der Waals surface area (Å²) in [6.45, 7) is 8.30. The molecule has 1 amide bonds. The fourth-order valence-electron chi connectivity index (χ4n) is 3.50. The fraction of sp³-hybridized carbons (Fsp3) is 0.381. The van der Waals surface area contributed by atoms with E-state index in [1.165, 1.54) is 28.6 Å². The van der Waals surface area contributed by atoms with Crippen LogP contribution in [0.4, 0.5) is 5.69 Å². The van der Waals surface area contributed by atoms with Gasteiger partial charge < -0.3 is 10.1 Å². The second-order valence-corrected chi connectivity index (χ2v) is 9.37. The first-order chi connectivity index (χ1) is 13.1. The minimum atomic E-state index is -3.62. The molecule has 2 aromatic rings. The average Bonchev–Trinajstić information content (AvgIpc) is 2.60. The van der Waals surface area contributed by atoms with Crippen LogP contribution in [0.3, 0.4) is 0 Å². The number of morpholine rings is 1. The maximum atomic E-state index is 12.9. The van der Waals surface area contributed by atoms with E-state index in [1.54, 1.807) is 0 Å². The first kappa shape index (κ1) is 20.5. The molecule has 150 valence electrons. The van der Waals surface area contributed by atoms with Crippen molar-refractivity contribution in [1.29, 1.82) is 0 Å². The molecule has 1 aliphatic heterocycles. The van der Waals surface area contributed by atoms with Gasteiger partial charge in [-0.25, -0.2) is 8.42 Å². The highest BCUT2D eigenvalue weighted by Gasteiger charge is 2.32. The fourth-order valence-corrected chi connectivity index (χ4v) is 5.09. The zero-order valence-corrected chi connectivity index (χ0v) is 17.4. The lowest BCUT2D eigenvalue weighted by Crippen LogP contribution is -2.48. The minimum absolute atomic E-state index is 0.152. The summed E-state index contributed by atoms with van der Waals surface area (Å²) in [6, 6.07) is 11.9. The number of ether oxygens (including phenoxy) is 1. The van der Waals surface area contributed by atoms with Gasteiger partial charge in [-0.15, -0.1) is 0 Å². The number of nitrogens with zero attached hydrogens (tertiary/aromatic N) is 1. The molecular formula is C21H26N2O4S. The van der Waals surface area contributed by atoms with E-state index in [0.717, 1.165) is 16.8 Å². The van der Waals surface area contributed by atoms with Gasteiger partial charge >= 0.3 is 0 Å².